The SMILES string of the molecule is CC(C)(C)c1nn2cnnc2n(/N=C\c2cccc(O)c2)c1=O. The van der Waals surface area contributed by atoms with Gasteiger partial charge in [0.1, 0.15) is 17.8 Å². The molecule has 1 N–H and O–H groups in total. The molecule has 0 aliphatic heterocycles. The molecule has 2 heterocycles. The lowest BCUT2D eigenvalue weighted by atomic mass is 9.93. The Morgan fingerprint density at radius 3 is 2.78 bits per heavy atom. The van der Waals surface area contributed by atoms with Crippen molar-refractivity contribution >= 4 is 12.0 Å². The van der Waals surface area contributed by atoms with Gasteiger partial charge in [-0.3, -0.25) is 4.79 Å². The molecule has 0 fully saturated rings. The first-order chi connectivity index (χ1) is 10.9. The van der Waals surface area contributed by atoms with Crippen molar-refractivity contribution in [2.24, 2.45) is 5.10 Å². The molecule has 0 spiro atoms. The van der Waals surface area contributed by atoms with E-state index in [1.165, 1.54) is 17.1 Å². The van der Waals surface area contributed by atoms with Gasteiger partial charge in [0.25, 0.3) is 11.3 Å². The Morgan fingerprint density at radius 2 is 2.09 bits per heavy atom. The molecule has 0 amide bonds. The van der Waals surface area contributed by atoms with Crippen LogP contribution in [0.3, 0.4) is 0 Å². The molecule has 0 unspecified atom stereocenters. The summed E-state index contributed by atoms with van der Waals surface area (Å²) in [6.45, 7) is 5.70. The van der Waals surface area contributed by atoms with Gasteiger partial charge in [0, 0.05) is 5.41 Å². The van der Waals surface area contributed by atoms with E-state index < -0.39 is 5.41 Å². The molecular weight excluding hydrogens is 296 g/mol. The Kier molecular flexibility index (Phi) is 3.44. The van der Waals surface area contributed by atoms with Gasteiger partial charge in [-0.25, -0.2) is 0 Å². The van der Waals surface area contributed by atoms with Crippen LogP contribution >= 0.6 is 0 Å². The summed E-state index contributed by atoms with van der Waals surface area (Å²) in [4.78, 5) is 12.7. The van der Waals surface area contributed by atoms with E-state index in [0.717, 1.165) is 4.68 Å². The average Bonchev–Trinajstić information content (AvgIpc) is 2.93. The lowest BCUT2D eigenvalue weighted by Gasteiger charge is -2.16. The lowest BCUT2D eigenvalue weighted by molar-refractivity contribution is 0.475. The molecule has 0 saturated carbocycles. The Morgan fingerprint density at radius 1 is 1.30 bits per heavy atom. The summed E-state index contributed by atoms with van der Waals surface area (Å²) < 4.78 is 2.58. The number of benzene rings is 1. The van der Waals surface area contributed by atoms with Gasteiger partial charge in [-0.2, -0.15) is 19.4 Å². The fraction of sp³-hybridized carbons (Fsp3) is 0.267. The minimum Gasteiger partial charge on any atom is -0.508 e. The van der Waals surface area contributed by atoms with Crippen molar-refractivity contribution in [1.82, 2.24) is 24.5 Å². The Balaban J connectivity index is 2.18. The highest BCUT2D eigenvalue weighted by atomic mass is 16.3. The summed E-state index contributed by atoms with van der Waals surface area (Å²) in [5.74, 6) is 0.346. The molecular formula is C15H16N6O2. The van der Waals surface area contributed by atoms with Gasteiger partial charge in [-0.15, -0.1) is 10.2 Å². The quantitative estimate of drug-likeness (QED) is 0.716. The van der Waals surface area contributed by atoms with Crippen LogP contribution in [-0.4, -0.2) is 35.8 Å². The highest BCUT2D eigenvalue weighted by Crippen LogP contribution is 2.16. The Labute approximate surface area is 131 Å². The van der Waals surface area contributed by atoms with E-state index in [0.29, 0.717) is 11.3 Å². The lowest BCUT2D eigenvalue weighted by Crippen LogP contribution is -2.33. The molecule has 8 nitrogen and oxygen atoms in total. The third kappa shape index (κ3) is 2.83. The molecule has 2 aromatic heterocycles. The molecule has 23 heavy (non-hydrogen) atoms. The van der Waals surface area contributed by atoms with E-state index in [9.17, 15) is 9.90 Å². The molecule has 0 saturated heterocycles. The van der Waals surface area contributed by atoms with Crippen molar-refractivity contribution in [2.45, 2.75) is 26.2 Å². The van der Waals surface area contributed by atoms with E-state index in [4.69, 9.17) is 0 Å². The highest BCUT2D eigenvalue weighted by molar-refractivity contribution is 5.80. The molecule has 3 rings (SSSR count). The smallest absolute Gasteiger partial charge is 0.298 e. The molecule has 0 bridgehead atoms. The predicted molar refractivity (Wildman–Crippen MR) is 84.8 cm³/mol. The number of aromatic nitrogens is 5. The van der Waals surface area contributed by atoms with E-state index in [2.05, 4.69) is 20.4 Å². The van der Waals surface area contributed by atoms with Crippen LogP contribution in [-0.2, 0) is 5.41 Å². The van der Waals surface area contributed by atoms with Gasteiger partial charge in [-0.05, 0) is 17.7 Å². The van der Waals surface area contributed by atoms with Crippen LogP contribution in [0, 0.1) is 0 Å². The van der Waals surface area contributed by atoms with Crippen molar-refractivity contribution in [1.29, 1.82) is 0 Å². The first-order valence-electron chi connectivity index (χ1n) is 7.03. The molecule has 3 aromatic rings. The molecule has 1 aromatic carbocycles. The first-order valence-corrected chi connectivity index (χ1v) is 7.03. The number of aromatic hydroxyl groups is 1. The van der Waals surface area contributed by atoms with Gasteiger partial charge in [-0.1, -0.05) is 32.9 Å². The number of nitrogens with zero attached hydrogens (tertiary/aromatic N) is 6. The summed E-state index contributed by atoms with van der Waals surface area (Å²) in [5, 5.41) is 25.6. The van der Waals surface area contributed by atoms with Crippen molar-refractivity contribution in [2.75, 3.05) is 0 Å². The second-order valence-electron chi connectivity index (χ2n) is 6.13. The van der Waals surface area contributed by atoms with Gasteiger partial charge < -0.3 is 5.11 Å². The van der Waals surface area contributed by atoms with Crippen LogP contribution in [0.4, 0.5) is 0 Å². The maximum atomic E-state index is 12.7. The number of hydrogen-bond acceptors (Lipinski definition) is 6. The highest BCUT2D eigenvalue weighted by Gasteiger charge is 2.23. The van der Waals surface area contributed by atoms with Gasteiger partial charge in [0.2, 0.25) is 0 Å². The monoisotopic (exact) mass is 312 g/mol. The summed E-state index contributed by atoms with van der Waals surface area (Å²) in [6, 6.07) is 6.56. The second-order valence-corrected chi connectivity index (χ2v) is 6.13. The number of phenolic OH excluding ortho intramolecular Hbond substituents is 1. The largest absolute Gasteiger partial charge is 0.508 e. The Bertz CT molecular complexity index is 948. The van der Waals surface area contributed by atoms with E-state index in [1.54, 1.807) is 24.3 Å². The van der Waals surface area contributed by atoms with Crippen molar-refractivity contribution in [3.63, 3.8) is 0 Å². The molecule has 0 aliphatic carbocycles. The number of fused-ring (bicyclic) bond motifs is 1. The van der Waals surface area contributed by atoms with E-state index in [1.807, 2.05) is 20.8 Å². The van der Waals surface area contributed by atoms with Gasteiger partial charge in [0.05, 0.1) is 6.21 Å². The average molecular weight is 312 g/mol. The predicted octanol–water partition coefficient (Wildman–Crippen LogP) is 1.17. The summed E-state index contributed by atoms with van der Waals surface area (Å²) in [5.41, 5.74) is 0.216. The topological polar surface area (TPSA) is 97.7 Å². The minimum absolute atomic E-state index is 0.124. The van der Waals surface area contributed by atoms with Crippen LogP contribution in [0.25, 0.3) is 5.78 Å². The molecule has 0 atom stereocenters. The standard InChI is InChI=1S/C15H16N6O2/c1-15(2,3)12-13(23)21(14-18-16-9-20(14)19-12)17-8-10-5-4-6-11(22)7-10/h4-9,22H,1-3H3/b17-8-. The molecule has 118 valence electrons. The van der Waals surface area contributed by atoms with E-state index >= 15 is 0 Å². The third-order valence-electron chi connectivity index (χ3n) is 3.21. The normalized spacial score (nSPS) is 12.3. The summed E-state index contributed by atoms with van der Waals surface area (Å²) in [7, 11) is 0. The zero-order chi connectivity index (χ0) is 16.6. The maximum absolute atomic E-state index is 12.7. The minimum atomic E-state index is -0.447. The zero-order valence-electron chi connectivity index (χ0n) is 13.0. The van der Waals surface area contributed by atoms with E-state index in [-0.39, 0.29) is 17.1 Å². The van der Waals surface area contributed by atoms with Crippen molar-refractivity contribution in [3.05, 3.63) is 52.2 Å². The molecule has 0 radical (unpaired) electrons. The summed E-state index contributed by atoms with van der Waals surface area (Å²) >= 11 is 0. The number of hydrogen-bond donors (Lipinski definition) is 1. The van der Waals surface area contributed by atoms with Crippen molar-refractivity contribution in [3.8, 4) is 5.75 Å². The Hall–Kier alpha value is -3.03. The number of rotatable bonds is 2. The second kappa shape index (κ2) is 5.31. The maximum Gasteiger partial charge on any atom is 0.298 e. The van der Waals surface area contributed by atoms with Crippen LogP contribution < -0.4 is 5.56 Å². The van der Waals surface area contributed by atoms with Crippen LogP contribution in [0.15, 0.2) is 40.5 Å². The first kappa shape index (κ1) is 14.9. The van der Waals surface area contributed by atoms with Crippen LogP contribution in [0.2, 0.25) is 0 Å². The van der Waals surface area contributed by atoms with Gasteiger partial charge >= 0.3 is 0 Å². The zero-order valence-corrected chi connectivity index (χ0v) is 13.0. The summed E-state index contributed by atoms with van der Waals surface area (Å²) in [6.07, 6.45) is 2.90. The fourth-order valence-corrected chi connectivity index (χ4v) is 2.08. The molecule has 0 aliphatic rings. The molecule has 8 heteroatoms. The van der Waals surface area contributed by atoms with Crippen LogP contribution in [0.5, 0.6) is 5.75 Å². The fourth-order valence-electron chi connectivity index (χ4n) is 2.08. The number of phenols is 1. The van der Waals surface area contributed by atoms with Gasteiger partial charge in [0.15, 0.2) is 0 Å². The van der Waals surface area contributed by atoms with Crippen LogP contribution in [0.1, 0.15) is 32.0 Å². The van der Waals surface area contributed by atoms with Crippen molar-refractivity contribution < 1.29 is 5.11 Å². The third-order valence-corrected chi connectivity index (χ3v) is 3.21.